The Morgan fingerprint density at radius 1 is 0.833 bits per heavy atom. The first-order valence-corrected chi connectivity index (χ1v) is 12.3. The Morgan fingerprint density at radius 2 is 1.42 bits per heavy atom. The number of hydrogen-bond acceptors (Lipinski definition) is 7. The molecular formula is C27H42N2O7. The number of nitrogens with one attached hydrogen (secondary N) is 2. The molecular weight excluding hydrogens is 464 g/mol. The molecule has 2 amide bonds. The van der Waals surface area contributed by atoms with Gasteiger partial charge in [-0.15, -0.1) is 0 Å². The molecule has 0 radical (unpaired) electrons. The molecule has 2 N–H and O–H groups in total. The normalized spacial score (nSPS) is 13.4. The highest BCUT2D eigenvalue weighted by molar-refractivity contribution is 5.90. The third kappa shape index (κ3) is 13.7. The highest BCUT2D eigenvalue weighted by atomic mass is 16.6. The molecule has 0 saturated carbocycles. The Morgan fingerprint density at radius 3 is 1.94 bits per heavy atom. The molecule has 0 spiro atoms. The third-order valence-electron chi connectivity index (χ3n) is 4.59. The number of rotatable bonds is 11. The van der Waals surface area contributed by atoms with Crippen LogP contribution in [-0.2, 0) is 35.2 Å². The molecule has 0 aromatic heterocycles. The summed E-state index contributed by atoms with van der Waals surface area (Å²) in [4.78, 5) is 50.6. The summed E-state index contributed by atoms with van der Waals surface area (Å²) in [5.74, 6) is -1.67. The number of hydrogen-bond donors (Lipinski definition) is 2. The summed E-state index contributed by atoms with van der Waals surface area (Å²) < 4.78 is 16.0. The van der Waals surface area contributed by atoms with Crippen molar-refractivity contribution < 1.29 is 33.4 Å². The average molecular weight is 507 g/mol. The van der Waals surface area contributed by atoms with E-state index in [0.717, 1.165) is 5.56 Å². The van der Waals surface area contributed by atoms with Gasteiger partial charge in [-0.25, -0.2) is 9.59 Å². The van der Waals surface area contributed by atoms with E-state index < -0.39 is 47.2 Å². The minimum absolute atomic E-state index is 0.0115. The SMILES string of the molecule is CC(C)C[C@H](NC(=O)OCc1ccccc1)C(=O)N[C@@H](CCC(=O)OC(C)(C)C)C(=O)OC(C)(C)C. The number of esters is 2. The maximum absolute atomic E-state index is 13.1. The van der Waals surface area contributed by atoms with Crippen molar-refractivity contribution in [1.82, 2.24) is 10.6 Å². The van der Waals surface area contributed by atoms with Crippen molar-refractivity contribution in [2.24, 2.45) is 5.92 Å². The van der Waals surface area contributed by atoms with Gasteiger partial charge in [-0.2, -0.15) is 0 Å². The van der Waals surface area contributed by atoms with Crippen LogP contribution in [0.25, 0.3) is 0 Å². The lowest BCUT2D eigenvalue weighted by atomic mass is 10.0. The fourth-order valence-electron chi connectivity index (χ4n) is 3.16. The Balaban J connectivity index is 2.90. The van der Waals surface area contributed by atoms with Gasteiger partial charge in [-0.05, 0) is 65.9 Å². The molecule has 1 aromatic carbocycles. The van der Waals surface area contributed by atoms with Crippen molar-refractivity contribution >= 4 is 23.9 Å². The summed E-state index contributed by atoms with van der Waals surface area (Å²) in [5.41, 5.74) is -0.652. The van der Waals surface area contributed by atoms with Gasteiger partial charge in [-0.1, -0.05) is 44.2 Å². The predicted molar refractivity (Wildman–Crippen MR) is 136 cm³/mol. The van der Waals surface area contributed by atoms with Crippen LogP contribution in [0.3, 0.4) is 0 Å². The first kappa shape index (κ1) is 30.9. The van der Waals surface area contributed by atoms with Crippen LogP contribution in [0, 0.1) is 5.92 Å². The van der Waals surface area contributed by atoms with Gasteiger partial charge >= 0.3 is 18.0 Å². The molecule has 0 aliphatic rings. The zero-order chi connectivity index (χ0) is 27.5. The lowest BCUT2D eigenvalue weighted by molar-refractivity contribution is -0.160. The van der Waals surface area contributed by atoms with E-state index in [-0.39, 0.29) is 25.4 Å². The van der Waals surface area contributed by atoms with E-state index in [9.17, 15) is 19.2 Å². The second-order valence-electron chi connectivity index (χ2n) is 11.1. The Labute approximate surface area is 214 Å². The number of carbonyl (C=O) groups excluding carboxylic acids is 4. The Hall–Kier alpha value is -3.10. The molecule has 0 fully saturated rings. The summed E-state index contributed by atoms with van der Waals surface area (Å²) in [6, 6.07) is 7.12. The molecule has 0 aliphatic heterocycles. The van der Waals surface area contributed by atoms with Crippen LogP contribution in [0.1, 0.15) is 80.2 Å². The average Bonchev–Trinajstić information content (AvgIpc) is 2.72. The molecule has 202 valence electrons. The van der Waals surface area contributed by atoms with E-state index in [1.807, 2.05) is 44.2 Å². The van der Waals surface area contributed by atoms with Gasteiger partial charge in [0.25, 0.3) is 0 Å². The highest BCUT2D eigenvalue weighted by Crippen LogP contribution is 2.15. The summed E-state index contributed by atoms with van der Waals surface area (Å²) in [5, 5.41) is 5.24. The van der Waals surface area contributed by atoms with E-state index >= 15 is 0 Å². The van der Waals surface area contributed by atoms with E-state index in [0.29, 0.717) is 6.42 Å². The molecule has 1 rings (SSSR count). The quantitative estimate of drug-likeness (QED) is 0.340. The number of carbonyl (C=O) groups is 4. The Bertz CT molecular complexity index is 870. The van der Waals surface area contributed by atoms with Crippen LogP contribution in [-0.4, -0.2) is 47.2 Å². The first-order valence-electron chi connectivity index (χ1n) is 12.3. The van der Waals surface area contributed by atoms with Gasteiger partial charge in [0.15, 0.2) is 0 Å². The molecule has 0 bridgehead atoms. The van der Waals surface area contributed by atoms with Crippen LogP contribution < -0.4 is 10.6 Å². The monoisotopic (exact) mass is 506 g/mol. The molecule has 0 heterocycles. The number of alkyl carbamates (subject to hydrolysis) is 1. The molecule has 0 aliphatic carbocycles. The second-order valence-corrected chi connectivity index (χ2v) is 11.1. The van der Waals surface area contributed by atoms with Crippen LogP contribution in [0.4, 0.5) is 4.79 Å². The molecule has 9 heteroatoms. The van der Waals surface area contributed by atoms with Gasteiger partial charge in [0.2, 0.25) is 5.91 Å². The minimum Gasteiger partial charge on any atom is -0.460 e. The fourth-order valence-corrected chi connectivity index (χ4v) is 3.16. The number of amides is 2. The topological polar surface area (TPSA) is 120 Å². The van der Waals surface area contributed by atoms with Crippen molar-refractivity contribution in [2.45, 2.75) is 105 Å². The zero-order valence-electron chi connectivity index (χ0n) is 22.8. The van der Waals surface area contributed by atoms with E-state index in [1.165, 1.54) is 0 Å². The number of benzene rings is 1. The first-order chi connectivity index (χ1) is 16.6. The van der Waals surface area contributed by atoms with Crippen molar-refractivity contribution in [2.75, 3.05) is 0 Å². The van der Waals surface area contributed by atoms with Crippen molar-refractivity contribution in [3.05, 3.63) is 35.9 Å². The van der Waals surface area contributed by atoms with Crippen LogP contribution >= 0.6 is 0 Å². The van der Waals surface area contributed by atoms with Crippen molar-refractivity contribution in [3.63, 3.8) is 0 Å². The van der Waals surface area contributed by atoms with Gasteiger partial charge in [0.05, 0.1) is 0 Å². The lowest BCUT2D eigenvalue weighted by Gasteiger charge is -2.27. The molecule has 9 nitrogen and oxygen atoms in total. The van der Waals surface area contributed by atoms with E-state index in [4.69, 9.17) is 14.2 Å². The maximum Gasteiger partial charge on any atom is 0.408 e. The summed E-state index contributed by atoms with van der Waals surface area (Å²) in [7, 11) is 0. The van der Waals surface area contributed by atoms with Crippen molar-refractivity contribution in [3.8, 4) is 0 Å². The zero-order valence-corrected chi connectivity index (χ0v) is 22.8. The fraction of sp³-hybridized carbons (Fsp3) is 0.630. The van der Waals surface area contributed by atoms with Gasteiger partial charge in [-0.3, -0.25) is 9.59 Å². The molecule has 2 atom stereocenters. The standard InChI is InChI=1S/C27H42N2O7/c1-18(2)16-21(29-25(33)34-17-19-12-10-9-11-13-19)23(31)28-20(24(32)36-27(6,7)8)14-15-22(30)35-26(3,4)5/h9-13,18,20-21H,14-17H2,1-8H3,(H,28,31)(H,29,33)/t20-,21-/m0/s1. The van der Waals surface area contributed by atoms with Gasteiger partial charge < -0.3 is 24.8 Å². The lowest BCUT2D eigenvalue weighted by Crippen LogP contribution is -2.53. The largest absolute Gasteiger partial charge is 0.460 e. The number of ether oxygens (including phenoxy) is 3. The van der Waals surface area contributed by atoms with Gasteiger partial charge in [0, 0.05) is 6.42 Å². The molecule has 1 aromatic rings. The summed E-state index contributed by atoms with van der Waals surface area (Å²) in [6.07, 6.45) is -0.535. The smallest absolute Gasteiger partial charge is 0.408 e. The summed E-state index contributed by atoms with van der Waals surface area (Å²) in [6.45, 7) is 14.2. The highest BCUT2D eigenvalue weighted by Gasteiger charge is 2.31. The minimum atomic E-state index is -1.10. The van der Waals surface area contributed by atoms with Crippen LogP contribution in [0.2, 0.25) is 0 Å². The third-order valence-corrected chi connectivity index (χ3v) is 4.59. The Kier molecular flexibility index (Phi) is 11.9. The molecule has 0 saturated heterocycles. The van der Waals surface area contributed by atoms with E-state index in [1.54, 1.807) is 41.5 Å². The predicted octanol–water partition coefficient (Wildman–Crippen LogP) is 4.28. The van der Waals surface area contributed by atoms with Crippen LogP contribution in [0.15, 0.2) is 30.3 Å². The molecule has 0 unspecified atom stereocenters. The summed E-state index contributed by atoms with van der Waals surface area (Å²) >= 11 is 0. The van der Waals surface area contributed by atoms with Crippen LogP contribution in [0.5, 0.6) is 0 Å². The molecule has 36 heavy (non-hydrogen) atoms. The second kappa shape index (κ2) is 13.8. The maximum atomic E-state index is 13.1. The van der Waals surface area contributed by atoms with Gasteiger partial charge in [0.1, 0.15) is 29.9 Å². The van der Waals surface area contributed by atoms with E-state index in [2.05, 4.69) is 10.6 Å². The van der Waals surface area contributed by atoms with Crippen molar-refractivity contribution in [1.29, 1.82) is 0 Å².